The summed E-state index contributed by atoms with van der Waals surface area (Å²) in [5.74, 6) is -0.672. The van der Waals surface area contributed by atoms with Gasteiger partial charge in [0.1, 0.15) is 5.69 Å². The molecule has 2 aromatic rings. The van der Waals surface area contributed by atoms with Crippen molar-refractivity contribution in [3.63, 3.8) is 0 Å². The number of Topliss-reactive ketones (excluding diaryl/α,β-unsaturated/α-hetero) is 1. The smallest absolute Gasteiger partial charge is 0.355 e. The molecule has 0 aliphatic carbocycles. The molecule has 0 fully saturated rings. The van der Waals surface area contributed by atoms with Gasteiger partial charge in [-0.05, 0) is 51.3 Å². The highest BCUT2D eigenvalue weighted by Crippen LogP contribution is 2.23. The molecule has 0 unspecified atom stereocenters. The molecule has 0 saturated heterocycles. The molecule has 29 heavy (non-hydrogen) atoms. The van der Waals surface area contributed by atoms with Gasteiger partial charge in [-0.1, -0.05) is 32.0 Å². The lowest BCUT2D eigenvalue weighted by molar-refractivity contribution is 0.0518. The molecule has 6 heteroatoms. The Morgan fingerprint density at radius 2 is 1.69 bits per heavy atom. The number of benzene rings is 1. The first-order valence-electron chi connectivity index (χ1n) is 9.95. The summed E-state index contributed by atoms with van der Waals surface area (Å²) < 4.78 is 5.07. The van der Waals surface area contributed by atoms with Crippen LogP contribution in [-0.4, -0.2) is 46.7 Å². The Morgan fingerprint density at radius 3 is 2.24 bits per heavy atom. The van der Waals surface area contributed by atoms with Gasteiger partial charge in [-0.15, -0.1) is 0 Å². The summed E-state index contributed by atoms with van der Waals surface area (Å²) in [7, 11) is 0. The van der Waals surface area contributed by atoms with Crippen LogP contribution in [0.1, 0.15) is 70.2 Å². The number of hydrogen-bond acceptors (Lipinski definition) is 4. The van der Waals surface area contributed by atoms with E-state index < -0.39 is 12.0 Å². The summed E-state index contributed by atoms with van der Waals surface area (Å²) in [6, 6.07) is 8.28. The van der Waals surface area contributed by atoms with E-state index in [1.807, 2.05) is 19.9 Å². The van der Waals surface area contributed by atoms with Crippen molar-refractivity contribution >= 4 is 17.7 Å². The maximum atomic E-state index is 13.4. The van der Waals surface area contributed by atoms with E-state index in [4.69, 9.17) is 4.74 Å². The first-order valence-corrected chi connectivity index (χ1v) is 9.95. The van der Waals surface area contributed by atoms with Gasteiger partial charge in [-0.25, -0.2) is 4.79 Å². The number of ketones is 1. The number of amides is 1. The molecule has 6 nitrogen and oxygen atoms in total. The van der Waals surface area contributed by atoms with Gasteiger partial charge < -0.3 is 14.6 Å². The fraction of sp³-hybridized carbons (Fsp3) is 0.435. The highest BCUT2D eigenvalue weighted by Gasteiger charge is 2.32. The number of nitrogens with zero attached hydrogens (tertiary/aromatic N) is 1. The second-order valence-electron chi connectivity index (χ2n) is 7.60. The quantitative estimate of drug-likeness (QED) is 0.534. The van der Waals surface area contributed by atoms with Gasteiger partial charge in [-0.2, -0.15) is 0 Å². The van der Waals surface area contributed by atoms with E-state index in [0.29, 0.717) is 28.9 Å². The van der Waals surface area contributed by atoms with Crippen LogP contribution in [0.25, 0.3) is 0 Å². The highest BCUT2D eigenvalue weighted by atomic mass is 16.5. The molecule has 1 atom stereocenters. The van der Waals surface area contributed by atoms with E-state index in [2.05, 4.69) is 4.98 Å². The van der Waals surface area contributed by atoms with Crippen molar-refractivity contribution in [3.8, 4) is 0 Å². The average Bonchev–Trinajstić information content (AvgIpc) is 2.99. The summed E-state index contributed by atoms with van der Waals surface area (Å²) >= 11 is 0. The minimum Gasteiger partial charge on any atom is -0.461 e. The molecule has 1 aromatic heterocycles. The van der Waals surface area contributed by atoms with Gasteiger partial charge in [0.15, 0.2) is 5.78 Å². The number of aromatic amines is 1. The third-order valence-corrected chi connectivity index (χ3v) is 4.85. The topological polar surface area (TPSA) is 79.5 Å². The summed E-state index contributed by atoms with van der Waals surface area (Å²) in [5, 5.41) is 0. The second kappa shape index (κ2) is 9.54. The number of rotatable bonds is 8. The Morgan fingerprint density at radius 1 is 1.07 bits per heavy atom. The summed E-state index contributed by atoms with van der Waals surface area (Å²) in [4.78, 5) is 43.2. The van der Waals surface area contributed by atoms with Crippen LogP contribution < -0.4 is 0 Å². The lowest BCUT2D eigenvalue weighted by atomic mass is 9.98. The molecular formula is C23H30N2O4. The number of ether oxygens (including phenoxy) is 1. The third kappa shape index (κ3) is 4.94. The van der Waals surface area contributed by atoms with Crippen molar-refractivity contribution in [2.45, 2.75) is 47.6 Å². The standard InChI is InChI=1S/C23H30N2O4/c1-7-29-23(28)20-15(4)19(16(5)24-20)21(26)17(6)25(13-14(2)3)22(27)18-11-9-8-10-12-18/h8-12,14,17,24H,7,13H2,1-6H3/t17-/m1/s1. The summed E-state index contributed by atoms with van der Waals surface area (Å²) in [6.45, 7) is 11.7. The Balaban J connectivity index is 2.39. The molecule has 0 saturated carbocycles. The van der Waals surface area contributed by atoms with Crippen LogP contribution in [0, 0.1) is 19.8 Å². The number of esters is 1. The first-order chi connectivity index (χ1) is 13.7. The minimum absolute atomic E-state index is 0.184. The Hall–Kier alpha value is -2.89. The molecule has 1 aromatic carbocycles. The van der Waals surface area contributed by atoms with Gasteiger partial charge in [0.05, 0.1) is 12.6 Å². The second-order valence-corrected chi connectivity index (χ2v) is 7.60. The molecule has 0 spiro atoms. The number of aryl methyl sites for hydroxylation is 1. The van der Waals surface area contributed by atoms with E-state index in [-0.39, 0.29) is 29.9 Å². The lowest BCUT2D eigenvalue weighted by Gasteiger charge is -2.30. The fourth-order valence-electron chi connectivity index (χ4n) is 3.43. The fourth-order valence-corrected chi connectivity index (χ4v) is 3.43. The van der Waals surface area contributed by atoms with Crippen molar-refractivity contribution in [1.82, 2.24) is 9.88 Å². The molecule has 0 aliphatic heterocycles. The van der Waals surface area contributed by atoms with E-state index in [9.17, 15) is 14.4 Å². The van der Waals surface area contributed by atoms with Crippen molar-refractivity contribution in [3.05, 3.63) is 58.4 Å². The monoisotopic (exact) mass is 398 g/mol. The number of nitrogens with one attached hydrogen (secondary N) is 1. The van der Waals surface area contributed by atoms with E-state index >= 15 is 0 Å². The van der Waals surface area contributed by atoms with Gasteiger partial charge in [0.25, 0.3) is 5.91 Å². The number of H-pyrrole nitrogens is 1. The van der Waals surface area contributed by atoms with Crippen molar-refractivity contribution < 1.29 is 19.1 Å². The SMILES string of the molecule is CCOC(=O)c1[nH]c(C)c(C(=O)[C@@H](C)N(CC(C)C)C(=O)c2ccccc2)c1C. The minimum atomic E-state index is -0.673. The van der Waals surface area contributed by atoms with Crippen LogP contribution >= 0.6 is 0 Å². The first kappa shape index (κ1) is 22.4. The van der Waals surface area contributed by atoms with Crippen LogP contribution in [0.15, 0.2) is 30.3 Å². The van der Waals surface area contributed by atoms with Gasteiger partial charge in [0, 0.05) is 23.4 Å². The predicted molar refractivity (Wildman–Crippen MR) is 112 cm³/mol. The molecule has 1 heterocycles. The largest absolute Gasteiger partial charge is 0.461 e. The van der Waals surface area contributed by atoms with Crippen LogP contribution in [0.4, 0.5) is 0 Å². The van der Waals surface area contributed by atoms with Crippen LogP contribution in [0.3, 0.4) is 0 Å². The van der Waals surface area contributed by atoms with Crippen LogP contribution in [0.5, 0.6) is 0 Å². The number of hydrogen-bond donors (Lipinski definition) is 1. The van der Waals surface area contributed by atoms with Crippen molar-refractivity contribution in [2.24, 2.45) is 5.92 Å². The number of carbonyl (C=O) groups excluding carboxylic acids is 3. The zero-order valence-corrected chi connectivity index (χ0v) is 18.0. The zero-order valence-electron chi connectivity index (χ0n) is 18.0. The van der Waals surface area contributed by atoms with E-state index in [1.54, 1.807) is 56.9 Å². The molecule has 0 bridgehead atoms. The molecule has 2 rings (SSSR count). The zero-order chi connectivity index (χ0) is 21.7. The average molecular weight is 399 g/mol. The number of aromatic nitrogens is 1. The Bertz CT molecular complexity index is 884. The molecule has 0 aliphatic rings. The van der Waals surface area contributed by atoms with E-state index in [1.165, 1.54) is 0 Å². The molecule has 156 valence electrons. The van der Waals surface area contributed by atoms with Gasteiger partial charge in [0.2, 0.25) is 0 Å². The maximum absolute atomic E-state index is 13.4. The molecular weight excluding hydrogens is 368 g/mol. The lowest BCUT2D eigenvalue weighted by Crippen LogP contribution is -2.45. The summed E-state index contributed by atoms with van der Waals surface area (Å²) in [5.41, 5.74) is 2.41. The maximum Gasteiger partial charge on any atom is 0.355 e. The number of carbonyl (C=O) groups is 3. The van der Waals surface area contributed by atoms with Crippen molar-refractivity contribution in [1.29, 1.82) is 0 Å². The normalized spacial score (nSPS) is 12.0. The van der Waals surface area contributed by atoms with Gasteiger partial charge in [-0.3, -0.25) is 9.59 Å². The van der Waals surface area contributed by atoms with Crippen LogP contribution in [-0.2, 0) is 4.74 Å². The van der Waals surface area contributed by atoms with Crippen LogP contribution in [0.2, 0.25) is 0 Å². The summed E-state index contributed by atoms with van der Waals surface area (Å²) in [6.07, 6.45) is 0. The van der Waals surface area contributed by atoms with E-state index in [0.717, 1.165) is 0 Å². The molecule has 0 radical (unpaired) electrons. The highest BCUT2D eigenvalue weighted by molar-refractivity contribution is 6.07. The predicted octanol–water partition coefficient (Wildman–Crippen LogP) is 4.18. The molecule has 1 amide bonds. The Labute approximate surface area is 172 Å². The Kier molecular flexibility index (Phi) is 7.37. The third-order valence-electron chi connectivity index (χ3n) is 4.85. The van der Waals surface area contributed by atoms with Gasteiger partial charge >= 0.3 is 5.97 Å². The molecule has 1 N–H and O–H groups in total. The van der Waals surface area contributed by atoms with Crippen molar-refractivity contribution in [2.75, 3.05) is 13.2 Å².